The zero-order chi connectivity index (χ0) is 23.0. The smallest absolute Gasteiger partial charge is 0.272 e. The molecule has 2 N–H and O–H groups in total. The number of aromatic nitrogens is 2. The highest BCUT2D eigenvalue weighted by molar-refractivity contribution is 6.42. The molecule has 9 heteroatoms. The van der Waals surface area contributed by atoms with Gasteiger partial charge in [-0.15, -0.1) is 0 Å². The van der Waals surface area contributed by atoms with Gasteiger partial charge in [0.15, 0.2) is 0 Å². The third-order valence-corrected chi connectivity index (χ3v) is 6.68. The summed E-state index contributed by atoms with van der Waals surface area (Å²) in [6.07, 6.45) is 2.87. The van der Waals surface area contributed by atoms with Gasteiger partial charge in [-0.05, 0) is 49.6 Å². The second-order valence-corrected chi connectivity index (χ2v) is 9.14. The number of H-pyrrole nitrogens is 1. The van der Waals surface area contributed by atoms with Gasteiger partial charge >= 0.3 is 0 Å². The molecule has 0 bridgehead atoms. The van der Waals surface area contributed by atoms with E-state index in [4.69, 9.17) is 23.2 Å². The first kappa shape index (κ1) is 22.8. The number of nitrogens with one attached hydrogen (secondary N) is 2. The highest BCUT2D eigenvalue weighted by Gasteiger charge is 2.33. The van der Waals surface area contributed by atoms with E-state index in [1.165, 1.54) is 12.1 Å². The number of rotatable bonds is 7. The van der Waals surface area contributed by atoms with Crippen molar-refractivity contribution in [3.8, 4) is 0 Å². The molecule has 0 saturated carbocycles. The van der Waals surface area contributed by atoms with E-state index in [0.29, 0.717) is 42.7 Å². The van der Waals surface area contributed by atoms with Crippen LogP contribution in [-0.4, -0.2) is 45.9 Å². The van der Waals surface area contributed by atoms with E-state index in [-0.39, 0.29) is 27.2 Å². The molecule has 1 aliphatic heterocycles. The molecule has 6 nitrogen and oxygen atoms in total. The van der Waals surface area contributed by atoms with Gasteiger partial charge in [0.2, 0.25) is 0 Å². The van der Waals surface area contributed by atoms with Crippen LogP contribution in [0.4, 0.5) is 4.39 Å². The van der Waals surface area contributed by atoms with Gasteiger partial charge in [-0.2, -0.15) is 0 Å². The summed E-state index contributed by atoms with van der Waals surface area (Å²) in [4.78, 5) is 29.3. The standard InChI is InChI=1S/C23H25Cl2FN4O2/c1-3-27-13(2)6-15-11-29(12-15)23(32)17-8-14(4-5-19(17)26)7-16-10-28-22(31)20-9-18(24)21(25)30(16)20/h4-5,8-10,13,15,27H,3,6-7,11-12H2,1-2H3,(H,28,31). The lowest BCUT2D eigenvalue weighted by atomic mass is 9.92. The maximum absolute atomic E-state index is 14.5. The van der Waals surface area contributed by atoms with Crippen molar-refractivity contribution in [3.05, 3.63) is 73.6 Å². The van der Waals surface area contributed by atoms with Crippen molar-refractivity contribution in [1.29, 1.82) is 0 Å². The molecule has 170 valence electrons. The molecule has 1 fully saturated rings. The molecule has 0 spiro atoms. The van der Waals surface area contributed by atoms with Crippen molar-refractivity contribution in [1.82, 2.24) is 19.6 Å². The van der Waals surface area contributed by atoms with Crippen LogP contribution < -0.4 is 10.9 Å². The first-order valence-corrected chi connectivity index (χ1v) is 11.4. The van der Waals surface area contributed by atoms with Gasteiger partial charge in [0, 0.05) is 37.4 Å². The minimum absolute atomic E-state index is 0.0537. The largest absolute Gasteiger partial charge is 0.338 e. The van der Waals surface area contributed by atoms with E-state index in [0.717, 1.165) is 18.5 Å². The third-order valence-electron chi connectivity index (χ3n) is 5.92. The Morgan fingerprint density at radius 1 is 1.31 bits per heavy atom. The molecule has 1 saturated heterocycles. The fourth-order valence-corrected chi connectivity index (χ4v) is 4.81. The first-order valence-electron chi connectivity index (χ1n) is 10.7. The summed E-state index contributed by atoms with van der Waals surface area (Å²) in [6, 6.07) is 6.40. The predicted octanol–water partition coefficient (Wildman–Crippen LogP) is 4.12. The molecule has 1 atom stereocenters. The Morgan fingerprint density at radius 3 is 2.78 bits per heavy atom. The molecular formula is C23H25Cl2FN4O2. The Hall–Kier alpha value is -2.35. The maximum atomic E-state index is 14.5. The molecular weight excluding hydrogens is 454 g/mol. The van der Waals surface area contributed by atoms with E-state index in [9.17, 15) is 14.0 Å². The fourth-order valence-electron chi connectivity index (χ4n) is 4.36. The predicted molar refractivity (Wildman–Crippen MR) is 124 cm³/mol. The van der Waals surface area contributed by atoms with Crippen molar-refractivity contribution in [2.24, 2.45) is 5.92 Å². The number of aromatic amines is 1. The van der Waals surface area contributed by atoms with Gasteiger partial charge in [0.1, 0.15) is 16.5 Å². The fraction of sp³-hybridized carbons (Fsp3) is 0.391. The highest BCUT2D eigenvalue weighted by atomic mass is 35.5. The second kappa shape index (κ2) is 9.25. The van der Waals surface area contributed by atoms with E-state index in [1.807, 2.05) is 0 Å². The van der Waals surface area contributed by atoms with Crippen LogP contribution in [0.1, 0.15) is 41.9 Å². The Labute approximate surface area is 195 Å². The average Bonchev–Trinajstić information content (AvgIpc) is 3.03. The Kier molecular flexibility index (Phi) is 6.60. The Bertz CT molecular complexity index is 1220. The van der Waals surface area contributed by atoms with Crippen LogP contribution in [0.2, 0.25) is 10.2 Å². The summed E-state index contributed by atoms with van der Waals surface area (Å²) in [5.74, 6) is -0.420. The zero-order valence-electron chi connectivity index (χ0n) is 17.9. The normalized spacial score (nSPS) is 15.2. The molecule has 1 aromatic carbocycles. The van der Waals surface area contributed by atoms with E-state index < -0.39 is 5.82 Å². The molecule has 3 heterocycles. The second-order valence-electron chi connectivity index (χ2n) is 8.37. The minimum atomic E-state index is -0.545. The van der Waals surface area contributed by atoms with Crippen LogP contribution in [0.25, 0.3) is 5.52 Å². The van der Waals surface area contributed by atoms with E-state index in [1.54, 1.807) is 27.6 Å². The lowest BCUT2D eigenvalue weighted by Crippen LogP contribution is -2.51. The number of benzene rings is 1. The molecule has 1 unspecified atom stereocenters. The van der Waals surface area contributed by atoms with Crippen molar-refractivity contribution >= 4 is 34.6 Å². The summed E-state index contributed by atoms with van der Waals surface area (Å²) >= 11 is 12.4. The molecule has 1 amide bonds. The summed E-state index contributed by atoms with van der Waals surface area (Å²) < 4.78 is 16.1. The van der Waals surface area contributed by atoms with Gasteiger partial charge in [-0.25, -0.2) is 4.39 Å². The minimum Gasteiger partial charge on any atom is -0.338 e. The first-order chi connectivity index (χ1) is 15.3. The Balaban J connectivity index is 1.52. The monoisotopic (exact) mass is 478 g/mol. The third kappa shape index (κ3) is 4.42. The lowest BCUT2D eigenvalue weighted by Gasteiger charge is -2.40. The van der Waals surface area contributed by atoms with Crippen molar-refractivity contribution in [2.45, 2.75) is 32.7 Å². The van der Waals surface area contributed by atoms with Gasteiger partial charge in [0.25, 0.3) is 11.5 Å². The van der Waals surface area contributed by atoms with Crippen LogP contribution >= 0.6 is 23.2 Å². The van der Waals surface area contributed by atoms with Crippen LogP contribution in [0.15, 0.2) is 35.3 Å². The number of hydrogen-bond acceptors (Lipinski definition) is 3. The molecule has 32 heavy (non-hydrogen) atoms. The SMILES string of the molecule is CCNC(C)CC1CN(C(=O)c2cc(Cc3c[nH]c(=O)c4cc(Cl)c(Cl)n34)ccc2F)C1. The molecule has 4 rings (SSSR count). The van der Waals surface area contributed by atoms with E-state index >= 15 is 0 Å². The van der Waals surface area contributed by atoms with Crippen molar-refractivity contribution in [2.75, 3.05) is 19.6 Å². The van der Waals surface area contributed by atoms with Crippen LogP contribution in [0.5, 0.6) is 0 Å². The number of amides is 1. The molecule has 2 aromatic heterocycles. The molecule has 1 aliphatic rings. The molecule has 0 aliphatic carbocycles. The molecule has 3 aromatic rings. The summed E-state index contributed by atoms with van der Waals surface area (Å²) in [5, 5.41) is 3.89. The summed E-state index contributed by atoms with van der Waals surface area (Å²) in [7, 11) is 0. The number of likely N-dealkylation sites (tertiary alicyclic amines) is 1. The highest BCUT2D eigenvalue weighted by Crippen LogP contribution is 2.28. The zero-order valence-corrected chi connectivity index (χ0v) is 19.4. The summed E-state index contributed by atoms with van der Waals surface area (Å²) in [5.41, 5.74) is 1.46. The Morgan fingerprint density at radius 2 is 2.06 bits per heavy atom. The van der Waals surface area contributed by atoms with Gasteiger partial charge < -0.3 is 15.2 Å². The van der Waals surface area contributed by atoms with Crippen LogP contribution in [-0.2, 0) is 6.42 Å². The summed E-state index contributed by atoms with van der Waals surface area (Å²) in [6.45, 7) is 6.39. The average molecular weight is 479 g/mol. The number of halogens is 3. The number of hydrogen-bond donors (Lipinski definition) is 2. The van der Waals surface area contributed by atoms with Crippen molar-refractivity contribution < 1.29 is 9.18 Å². The maximum Gasteiger partial charge on any atom is 0.272 e. The quantitative estimate of drug-likeness (QED) is 0.536. The van der Waals surface area contributed by atoms with Crippen LogP contribution in [0, 0.1) is 11.7 Å². The molecule has 0 radical (unpaired) electrons. The van der Waals surface area contributed by atoms with E-state index in [2.05, 4.69) is 24.1 Å². The van der Waals surface area contributed by atoms with Gasteiger partial charge in [-0.1, -0.05) is 36.2 Å². The number of carbonyl (C=O) groups is 1. The topological polar surface area (TPSA) is 69.6 Å². The number of nitrogens with zero attached hydrogens (tertiary/aromatic N) is 2. The van der Waals surface area contributed by atoms with Crippen molar-refractivity contribution in [3.63, 3.8) is 0 Å². The van der Waals surface area contributed by atoms with Gasteiger partial charge in [-0.3, -0.25) is 14.0 Å². The lowest BCUT2D eigenvalue weighted by molar-refractivity contribution is 0.0463. The number of carbonyl (C=O) groups excluding carboxylic acids is 1. The van der Waals surface area contributed by atoms with Gasteiger partial charge in [0.05, 0.1) is 10.6 Å². The van der Waals surface area contributed by atoms with Crippen LogP contribution in [0.3, 0.4) is 0 Å². The number of fused-ring (bicyclic) bond motifs is 1.